The monoisotopic (exact) mass is 503 g/mol. The Labute approximate surface area is 201 Å². The molecular formula is C23H25N3O4S3. The van der Waals surface area contributed by atoms with Crippen LogP contribution in [0, 0.1) is 0 Å². The lowest BCUT2D eigenvalue weighted by Gasteiger charge is -2.39. The SMILES string of the molecule is CSc1sc(C(=O)N2CCC3(CC2)CN(S(=O)(=O)O)c2ccc(CN)cc23)c2ccccc12. The van der Waals surface area contributed by atoms with Gasteiger partial charge in [0.2, 0.25) is 0 Å². The van der Waals surface area contributed by atoms with Crippen molar-refractivity contribution in [3.8, 4) is 0 Å². The van der Waals surface area contributed by atoms with Crippen molar-refractivity contribution in [3.63, 3.8) is 0 Å². The minimum atomic E-state index is -4.39. The summed E-state index contributed by atoms with van der Waals surface area (Å²) in [5, 5.41) is 2.09. The molecule has 33 heavy (non-hydrogen) atoms. The third-order valence-corrected chi connectivity index (χ3v) is 10.1. The number of nitrogens with zero attached hydrogens (tertiary/aromatic N) is 2. The van der Waals surface area contributed by atoms with Gasteiger partial charge in [0, 0.05) is 42.4 Å². The molecule has 0 radical (unpaired) electrons. The van der Waals surface area contributed by atoms with Crippen molar-refractivity contribution < 1.29 is 17.8 Å². The molecule has 3 heterocycles. The van der Waals surface area contributed by atoms with Gasteiger partial charge >= 0.3 is 10.3 Å². The quantitative estimate of drug-likeness (QED) is 0.414. The van der Waals surface area contributed by atoms with Gasteiger partial charge in [0.05, 0.1) is 9.90 Å². The summed E-state index contributed by atoms with van der Waals surface area (Å²) in [6.07, 6.45) is 3.25. The van der Waals surface area contributed by atoms with E-state index in [4.69, 9.17) is 5.73 Å². The van der Waals surface area contributed by atoms with E-state index in [1.165, 1.54) is 11.3 Å². The van der Waals surface area contributed by atoms with Gasteiger partial charge in [-0.1, -0.05) is 36.4 Å². The molecule has 0 bridgehead atoms. The van der Waals surface area contributed by atoms with Crippen LogP contribution in [0.1, 0.15) is 33.6 Å². The molecule has 2 aliphatic heterocycles. The van der Waals surface area contributed by atoms with Crippen molar-refractivity contribution in [3.05, 3.63) is 58.5 Å². The van der Waals surface area contributed by atoms with Crippen molar-refractivity contribution in [2.75, 3.05) is 30.2 Å². The molecule has 1 fully saturated rings. The first-order chi connectivity index (χ1) is 15.8. The minimum Gasteiger partial charge on any atom is -0.338 e. The Balaban J connectivity index is 1.44. The number of nitrogens with two attached hydrogens (primary N) is 1. The zero-order valence-corrected chi connectivity index (χ0v) is 20.6. The summed E-state index contributed by atoms with van der Waals surface area (Å²) >= 11 is 3.18. The van der Waals surface area contributed by atoms with Crippen molar-refractivity contribution in [1.82, 2.24) is 4.90 Å². The normalized spacial score (nSPS) is 17.7. The highest BCUT2D eigenvalue weighted by Gasteiger charge is 2.48. The van der Waals surface area contributed by atoms with E-state index >= 15 is 0 Å². The number of carbonyl (C=O) groups excluding carboxylic acids is 1. The largest absolute Gasteiger partial charge is 0.360 e. The highest BCUT2D eigenvalue weighted by Crippen LogP contribution is 2.48. The van der Waals surface area contributed by atoms with Gasteiger partial charge in [-0.05, 0) is 36.3 Å². The number of rotatable bonds is 4. The molecule has 2 aliphatic rings. The summed E-state index contributed by atoms with van der Waals surface area (Å²) in [6, 6.07) is 13.5. The molecular weight excluding hydrogens is 478 g/mol. The average Bonchev–Trinajstić information content (AvgIpc) is 3.35. The highest BCUT2D eigenvalue weighted by molar-refractivity contribution is 8.00. The van der Waals surface area contributed by atoms with Crippen molar-refractivity contribution in [1.29, 1.82) is 0 Å². The Hall–Kier alpha value is -2.11. The fourth-order valence-corrected chi connectivity index (χ4v) is 7.86. The Bertz CT molecular complexity index is 1340. The standard InChI is InChI=1S/C23H25N3O4S3/c1-31-22-17-5-3-2-4-16(17)20(32-22)21(27)25-10-8-23(9-11-25)14-26(33(28,29)30)19-7-6-15(13-24)12-18(19)23/h2-7,12H,8-11,13-14,24H2,1H3,(H,28,29,30). The molecule has 174 valence electrons. The molecule has 0 saturated carbocycles. The van der Waals surface area contributed by atoms with E-state index in [1.807, 2.05) is 41.5 Å². The number of hydrogen-bond donors (Lipinski definition) is 2. The molecule has 0 aliphatic carbocycles. The maximum absolute atomic E-state index is 13.5. The molecule has 5 rings (SSSR count). The van der Waals surface area contributed by atoms with E-state index in [2.05, 4.69) is 0 Å². The van der Waals surface area contributed by atoms with Gasteiger partial charge in [-0.2, -0.15) is 8.42 Å². The topological polar surface area (TPSA) is 104 Å². The summed E-state index contributed by atoms with van der Waals surface area (Å²) in [5.74, 6) is 0.0203. The van der Waals surface area contributed by atoms with Gasteiger partial charge in [0.25, 0.3) is 5.91 Å². The predicted molar refractivity (Wildman–Crippen MR) is 134 cm³/mol. The highest BCUT2D eigenvalue weighted by atomic mass is 32.2. The van der Waals surface area contributed by atoms with Gasteiger partial charge in [-0.15, -0.1) is 23.1 Å². The van der Waals surface area contributed by atoms with Crippen LogP contribution in [-0.4, -0.2) is 49.7 Å². The maximum Gasteiger partial charge on any atom is 0.360 e. The number of carbonyl (C=O) groups is 1. The molecule has 10 heteroatoms. The molecule has 0 atom stereocenters. The smallest absolute Gasteiger partial charge is 0.338 e. The van der Waals surface area contributed by atoms with E-state index in [1.54, 1.807) is 23.9 Å². The van der Waals surface area contributed by atoms with E-state index < -0.39 is 15.7 Å². The Morgan fingerprint density at radius 3 is 2.52 bits per heavy atom. The van der Waals surface area contributed by atoms with Crippen LogP contribution in [0.4, 0.5) is 5.69 Å². The van der Waals surface area contributed by atoms with E-state index in [0.29, 0.717) is 38.2 Å². The van der Waals surface area contributed by atoms with Crippen LogP contribution in [0.5, 0.6) is 0 Å². The van der Waals surface area contributed by atoms with Crippen LogP contribution >= 0.6 is 23.1 Å². The average molecular weight is 504 g/mol. The number of anilines is 1. The number of hydrogen-bond acceptors (Lipinski definition) is 6. The summed E-state index contributed by atoms with van der Waals surface area (Å²) < 4.78 is 36.2. The second kappa shape index (κ2) is 8.28. The van der Waals surface area contributed by atoms with Crippen molar-refractivity contribution in [2.45, 2.75) is 29.0 Å². The summed E-state index contributed by atoms with van der Waals surface area (Å²) in [4.78, 5) is 16.1. The minimum absolute atomic E-state index is 0.0203. The molecule has 2 aromatic carbocycles. The van der Waals surface area contributed by atoms with E-state index in [9.17, 15) is 17.8 Å². The second-order valence-electron chi connectivity index (χ2n) is 8.58. The van der Waals surface area contributed by atoms with Crippen LogP contribution in [0.25, 0.3) is 10.8 Å². The molecule has 1 spiro atoms. The van der Waals surface area contributed by atoms with Crippen LogP contribution in [0.3, 0.4) is 0 Å². The van der Waals surface area contributed by atoms with Gasteiger partial charge in [0.15, 0.2) is 0 Å². The van der Waals surface area contributed by atoms with Crippen LogP contribution in [0.15, 0.2) is 46.7 Å². The zero-order valence-electron chi connectivity index (χ0n) is 18.2. The first-order valence-corrected chi connectivity index (χ1v) is 14.1. The van der Waals surface area contributed by atoms with Crippen LogP contribution in [-0.2, 0) is 22.3 Å². The first-order valence-electron chi connectivity index (χ1n) is 10.7. The summed E-state index contributed by atoms with van der Waals surface area (Å²) in [5.41, 5.74) is 7.69. The molecule has 3 aromatic rings. The number of benzene rings is 2. The second-order valence-corrected chi connectivity index (χ2v) is 12.0. The fraction of sp³-hybridized carbons (Fsp3) is 0.348. The lowest BCUT2D eigenvalue weighted by molar-refractivity contribution is 0.0681. The molecule has 1 aromatic heterocycles. The van der Waals surface area contributed by atoms with Gasteiger partial charge in [-0.3, -0.25) is 9.35 Å². The van der Waals surface area contributed by atoms with Gasteiger partial charge in [0.1, 0.15) is 4.88 Å². The number of fused-ring (bicyclic) bond motifs is 3. The van der Waals surface area contributed by atoms with Crippen LogP contribution in [0.2, 0.25) is 0 Å². The molecule has 1 amide bonds. The summed E-state index contributed by atoms with van der Waals surface area (Å²) in [6.45, 7) is 1.56. The number of piperidine rings is 1. The van der Waals surface area contributed by atoms with Gasteiger partial charge < -0.3 is 10.6 Å². The molecule has 3 N–H and O–H groups in total. The van der Waals surface area contributed by atoms with Crippen molar-refractivity contribution in [2.24, 2.45) is 5.73 Å². The van der Waals surface area contributed by atoms with E-state index in [-0.39, 0.29) is 12.5 Å². The molecule has 1 saturated heterocycles. The fourth-order valence-electron chi connectivity index (χ4n) is 5.08. The van der Waals surface area contributed by atoms with E-state index in [0.717, 1.165) is 35.3 Å². The lowest BCUT2D eigenvalue weighted by atomic mass is 9.74. The maximum atomic E-state index is 13.5. The van der Waals surface area contributed by atoms with Crippen molar-refractivity contribution >= 4 is 55.8 Å². The summed E-state index contributed by atoms with van der Waals surface area (Å²) in [7, 11) is -4.39. The third kappa shape index (κ3) is 3.74. The Morgan fingerprint density at radius 2 is 1.88 bits per heavy atom. The predicted octanol–water partition coefficient (Wildman–Crippen LogP) is 3.88. The van der Waals surface area contributed by atoms with Crippen LogP contribution < -0.4 is 10.0 Å². The molecule has 0 unspecified atom stereocenters. The number of thiophene rings is 1. The Morgan fingerprint density at radius 1 is 1.18 bits per heavy atom. The lowest BCUT2D eigenvalue weighted by Crippen LogP contribution is -2.47. The number of likely N-dealkylation sites (tertiary alicyclic amines) is 1. The number of amides is 1. The third-order valence-electron chi connectivity index (χ3n) is 6.84. The number of thioether (sulfide) groups is 1. The zero-order chi connectivity index (χ0) is 23.4. The Kier molecular flexibility index (Phi) is 5.69. The van der Waals surface area contributed by atoms with Gasteiger partial charge in [-0.25, -0.2) is 4.31 Å². The first kappa shape index (κ1) is 22.7. The molecule has 7 nitrogen and oxygen atoms in total.